The first-order valence-corrected chi connectivity index (χ1v) is 11.1. The number of ether oxygens (including phenoxy) is 2. The summed E-state index contributed by atoms with van der Waals surface area (Å²) in [5.41, 5.74) is 2.02. The lowest BCUT2D eigenvalue weighted by molar-refractivity contribution is -0.131. The van der Waals surface area contributed by atoms with E-state index in [-0.39, 0.29) is 11.9 Å². The van der Waals surface area contributed by atoms with Crippen LogP contribution < -0.4 is 15.5 Å². The van der Waals surface area contributed by atoms with Gasteiger partial charge in [-0.1, -0.05) is 18.2 Å². The Hall–Kier alpha value is -3.04. The minimum absolute atomic E-state index is 0.00246. The Bertz CT molecular complexity index is 1040. The van der Waals surface area contributed by atoms with Crippen LogP contribution in [0.2, 0.25) is 0 Å². The lowest BCUT2D eigenvalue weighted by Crippen LogP contribution is -2.43. The van der Waals surface area contributed by atoms with E-state index in [2.05, 4.69) is 5.32 Å². The number of likely N-dealkylation sites (tertiary alicyclic amines) is 1. The van der Waals surface area contributed by atoms with Crippen molar-refractivity contribution in [2.75, 3.05) is 0 Å². The molecule has 2 aromatic carbocycles. The second-order valence-corrected chi connectivity index (χ2v) is 9.52. The van der Waals surface area contributed by atoms with E-state index in [1.807, 2.05) is 37.3 Å². The first-order chi connectivity index (χ1) is 15.6. The standard InChI is InChI=1S/C24H29BN2O6/c1-15-11-21(26-23(29)33-24(2,3)4)22(28)27(15)13-16-5-7-18(8-6-16)32-19-9-10-20-17(12-19)14-31-25(20)30/h5-10,12,15,21,30H,11,13-14H2,1-4H3,(H,26,29). The first-order valence-electron chi connectivity index (χ1n) is 11.1. The average molecular weight is 452 g/mol. The molecule has 2 atom stereocenters. The van der Waals surface area contributed by atoms with Crippen LogP contribution in [0.25, 0.3) is 0 Å². The first kappa shape index (κ1) is 23.1. The van der Waals surface area contributed by atoms with Gasteiger partial charge in [0.15, 0.2) is 0 Å². The number of rotatable bonds is 5. The lowest BCUT2D eigenvalue weighted by Gasteiger charge is -2.22. The molecular formula is C24H29BN2O6. The van der Waals surface area contributed by atoms with E-state index in [1.165, 1.54) is 0 Å². The van der Waals surface area contributed by atoms with Crippen molar-refractivity contribution in [3.8, 4) is 11.5 Å². The molecule has 2 unspecified atom stereocenters. The number of amides is 2. The van der Waals surface area contributed by atoms with Crippen molar-refractivity contribution >= 4 is 24.6 Å². The zero-order chi connectivity index (χ0) is 23.8. The number of benzene rings is 2. The molecule has 2 aromatic rings. The normalized spacial score (nSPS) is 20.1. The van der Waals surface area contributed by atoms with Gasteiger partial charge in [-0.05, 0) is 75.0 Å². The topological polar surface area (TPSA) is 97.3 Å². The molecule has 2 heterocycles. The third-order valence-electron chi connectivity index (χ3n) is 5.67. The molecule has 0 bridgehead atoms. The third-order valence-corrected chi connectivity index (χ3v) is 5.67. The van der Waals surface area contributed by atoms with Crippen LogP contribution in [0, 0.1) is 0 Å². The number of hydrogen-bond donors (Lipinski definition) is 2. The third kappa shape index (κ3) is 5.49. The summed E-state index contributed by atoms with van der Waals surface area (Å²) in [6.07, 6.45) is -0.0419. The summed E-state index contributed by atoms with van der Waals surface area (Å²) in [7, 11) is -0.872. The monoisotopic (exact) mass is 452 g/mol. The summed E-state index contributed by atoms with van der Waals surface area (Å²) in [5, 5.41) is 12.4. The Morgan fingerprint density at radius 3 is 2.61 bits per heavy atom. The van der Waals surface area contributed by atoms with Crippen LogP contribution in [0.5, 0.6) is 11.5 Å². The second-order valence-electron chi connectivity index (χ2n) is 9.52. The molecule has 0 radical (unpaired) electrons. The van der Waals surface area contributed by atoms with Crippen molar-refractivity contribution in [2.24, 2.45) is 0 Å². The van der Waals surface area contributed by atoms with E-state index < -0.39 is 24.9 Å². The number of fused-ring (bicyclic) bond motifs is 1. The summed E-state index contributed by atoms with van der Waals surface area (Å²) in [4.78, 5) is 26.7. The highest BCUT2D eigenvalue weighted by atomic mass is 16.6. The van der Waals surface area contributed by atoms with Crippen LogP contribution in [-0.4, -0.2) is 46.7 Å². The quantitative estimate of drug-likeness (QED) is 0.678. The molecule has 1 fully saturated rings. The Kier molecular flexibility index (Phi) is 6.36. The fraction of sp³-hybridized carbons (Fsp3) is 0.417. The van der Waals surface area contributed by atoms with Gasteiger partial charge in [0.2, 0.25) is 5.91 Å². The molecule has 0 aromatic heterocycles. The molecule has 174 valence electrons. The van der Waals surface area contributed by atoms with E-state index in [9.17, 15) is 14.6 Å². The minimum Gasteiger partial charge on any atom is -0.457 e. The molecule has 2 N–H and O–H groups in total. The maximum Gasteiger partial charge on any atom is 0.491 e. The molecular weight excluding hydrogens is 423 g/mol. The minimum atomic E-state index is -0.872. The van der Waals surface area contributed by atoms with Crippen molar-refractivity contribution < 1.29 is 28.7 Å². The van der Waals surface area contributed by atoms with Gasteiger partial charge >= 0.3 is 13.2 Å². The highest BCUT2D eigenvalue weighted by molar-refractivity contribution is 6.61. The molecule has 9 heteroatoms. The molecule has 0 spiro atoms. The fourth-order valence-electron chi connectivity index (χ4n) is 4.06. The van der Waals surface area contributed by atoms with E-state index in [4.69, 9.17) is 14.1 Å². The Balaban J connectivity index is 1.35. The van der Waals surface area contributed by atoms with Crippen LogP contribution in [-0.2, 0) is 27.3 Å². The summed E-state index contributed by atoms with van der Waals surface area (Å²) in [6.45, 7) is 8.14. The van der Waals surface area contributed by atoms with E-state index >= 15 is 0 Å². The van der Waals surface area contributed by atoms with Crippen LogP contribution in [0.3, 0.4) is 0 Å². The van der Waals surface area contributed by atoms with E-state index in [0.29, 0.717) is 31.1 Å². The summed E-state index contributed by atoms with van der Waals surface area (Å²) >= 11 is 0. The summed E-state index contributed by atoms with van der Waals surface area (Å²) in [5.74, 6) is 1.22. The number of carbonyl (C=O) groups is 2. The van der Waals surface area contributed by atoms with Crippen molar-refractivity contribution in [3.05, 3.63) is 53.6 Å². The van der Waals surface area contributed by atoms with Crippen molar-refractivity contribution in [2.45, 2.75) is 65.0 Å². The highest BCUT2D eigenvalue weighted by Crippen LogP contribution is 2.26. The van der Waals surface area contributed by atoms with E-state index in [0.717, 1.165) is 16.6 Å². The van der Waals surface area contributed by atoms with Gasteiger partial charge in [0.1, 0.15) is 23.1 Å². The van der Waals surface area contributed by atoms with Crippen molar-refractivity contribution in [1.82, 2.24) is 10.2 Å². The molecule has 1 saturated heterocycles. The molecule has 2 amide bonds. The SMILES string of the molecule is CC1CC(NC(=O)OC(C)(C)C)C(=O)N1Cc1ccc(Oc2ccc3c(c2)COB3O)cc1. The smallest absolute Gasteiger partial charge is 0.457 e. The van der Waals surface area contributed by atoms with Crippen LogP contribution in [0.1, 0.15) is 45.2 Å². The molecule has 0 saturated carbocycles. The van der Waals surface area contributed by atoms with Gasteiger partial charge in [0, 0.05) is 12.6 Å². The van der Waals surface area contributed by atoms with Crippen LogP contribution in [0.4, 0.5) is 4.79 Å². The average Bonchev–Trinajstić information content (AvgIpc) is 3.22. The summed E-state index contributed by atoms with van der Waals surface area (Å²) < 4.78 is 16.4. The number of nitrogens with zero attached hydrogens (tertiary/aromatic N) is 1. The van der Waals surface area contributed by atoms with Gasteiger partial charge in [-0.15, -0.1) is 0 Å². The van der Waals surface area contributed by atoms with Crippen LogP contribution in [0.15, 0.2) is 42.5 Å². The molecule has 0 aliphatic carbocycles. The lowest BCUT2D eigenvalue weighted by atomic mass is 9.80. The number of hydrogen-bond acceptors (Lipinski definition) is 6. The number of carbonyl (C=O) groups excluding carboxylic acids is 2. The van der Waals surface area contributed by atoms with Crippen molar-refractivity contribution in [3.63, 3.8) is 0 Å². The van der Waals surface area contributed by atoms with Gasteiger partial charge in [-0.25, -0.2) is 4.79 Å². The molecule has 2 aliphatic rings. The van der Waals surface area contributed by atoms with Crippen LogP contribution >= 0.6 is 0 Å². The molecule has 33 heavy (non-hydrogen) atoms. The largest absolute Gasteiger partial charge is 0.491 e. The van der Waals surface area contributed by atoms with Gasteiger partial charge in [0.25, 0.3) is 0 Å². The Labute approximate surface area is 194 Å². The van der Waals surface area contributed by atoms with Gasteiger partial charge in [0.05, 0.1) is 6.61 Å². The Morgan fingerprint density at radius 1 is 1.21 bits per heavy atom. The summed E-state index contributed by atoms with van der Waals surface area (Å²) in [6, 6.07) is 12.4. The maximum absolute atomic E-state index is 12.8. The van der Waals surface area contributed by atoms with Gasteiger partial charge < -0.3 is 29.4 Å². The van der Waals surface area contributed by atoms with E-state index in [1.54, 1.807) is 37.8 Å². The molecule has 2 aliphatic heterocycles. The molecule has 8 nitrogen and oxygen atoms in total. The van der Waals surface area contributed by atoms with Gasteiger partial charge in [-0.3, -0.25) is 4.79 Å². The van der Waals surface area contributed by atoms with Gasteiger partial charge in [-0.2, -0.15) is 0 Å². The predicted molar refractivity (Wildman–Crippen MR) is 123 cm³/mol. The maximum atomic E-state index is 12.8. The predicted octanol–water partition coefficient (Wildman–Crippen LogP) is 2.71. The molecule has 4 rings (SSSR count). The zero-order valence-electron chi connectivity index (χ0n) is 19.3. The zero-order valence-corrected chi connectivity index (χ0v) is 19.3. The number of alkyl carbamates (subject to hydrolysis) is 1. The highest BCUT2D eigenvalue weighted by Gasteiger charge is 2.38. The van der Waals surface area contributed by atoms with Crippen molar-refractivity contribution in [1.29, 1.82) is 0 Å². The second kappa shape index (κ2) is 9.07. The fourth-order valence-corrected chi connectivity index (χ4v) is 4.06. The number of nitrogens with one attached hydrogen (secondary N) is 1. The Morgan fingerprint density at radius 2 is 1.91 bits per heavy atom.